The van der Waals surface area contributed by atoms with E-state index in [-0.39, 0.29) is 0 Å². The van der Waals surface area contributed by atoms with Crippen molar-refractivity contribution < 1.29 is 9.59 Å². The SMILES string of the molecule is C=O.C=O.CC.CNCc1cccc(-c2cc3nc(NC4CC4)c4ncn(C)c4n3n2)c1. The molecule has 9 heteroatoms. The number of aromatic nitrogens is 5. The molecule has 1 saturated carbocycles. The van der Waals surface area contributed by atoms with Gasteiger partial charge in [-0.3, -0.25) is 0 Å². The van der Waals surface area contributed by atoms with Gasteiger partial charge < -0.3 is 24.8 Å². The number of hydrogen-bond acceptors (Lipinski definition) is 7. The Morgan fingerprint density at radius 1 is 1.12 bits per heavy atom. The van der Waals surface area contributed by atoms with Crippen molar-refractivity contribution in [2.24, 2.45) is 7.05 Å². The zero-order valence-corrected chi connectivity index (χ0v) is 19.1. The number of hydrogen-bond donors (Lipinski definition) is 2. The lowest BCUT2D eigenvalue weighted by Crippen LogP contribution is -2.07. The second kappa shape index (κ2) is 11.7. The topological polar surface area (TPSA) is 106 Å². The zero-order valence-electron chi connectivity index (χ0n) is 19.1. The fraction of sp³-hybridized carbons (Fsp3) is 0.348. The number of nitrogens with zero attached hydrogens (tertiary/aromatic N) is 5. The second-order valence-electron chi connectivity index (χ2n) is 6.94. The molecule has 9 nitrogen and oxygen atoms in total. The van der Waals surface area contributed by atoms with Crippen molar-refractivity contribution in [3.8, 4) is 11.3 Å². The number of anilines is 1. The third-order valence-corrected chi connectivity index (χ3v) is 4.77. The number of aryl methyl sites for hydroxylation is 1. The minimum atomic E-state index is 0.524. The minimum absolute atomic E-state index is 0.524. The van der Waals surface area contributed by atoms with Gasteiger partial charge in [0.15, 0.2) is 22.6 Å². The Labute approximate surface area is 187 Å². The summed E-state index contributed by atoms with van der Waals surface area (Å²) in [5.41, 5.74) is 5.90. The maximum absolute atomic E-state index is 8.00. The normalized spacial score (nSPS) is 12.1. The van der Waals surface area contributed by atoms with Gasteiger partial charge >= 0.3 is 0 Å². The molecule has 0 spiro atoms. The van der Waals surface area contributed by atoms with E-state index >= 15 is 0 Å². The van der Waals surface area contributed by atoms with E-state index in [4.69, 9.17) is 19.7 Å². The molecule has 3 aromatic heterocycles. The molecule has 0 aliphatic heterocycles. The van der Waals surface area contributed by atoms with Crippen molar-refractivity contribution in [3.05, 3.63) is 42.2 Å². The number of imidazole rings is 1. The predicted molar refractivity (Wildman–Crippen MR) is 128 cm³/mol. The monoisotopic (exact) mass is 437 g/mol. The Balaban J connectivity index is 0.000000561. The molecule has 1 aromatic carbocycles. The first kappa shape index (κ1) is 24.7. The van der Waals surface area contributed by atoms with Crippen LogP contribution in [0.2, 0.25) is 0 Å². The van der Waals surface area contributed by atoms with Crippen LogP contribution in [0.5, 0.6) is 0 Å². The van der Waals surface area contributed by atoms with Crippen LogP contribution in [0.3, 0.4) is 0 Å². The number of carbonyl (C=O) groups excluding carboxylic acids is 2. The summed E-state index contributed by atoms with van der Waals surface area (Å²) in [7, 11) is 3.94. The van der Waals surface area contributed by atoms with Crippen molar-refractivity contribution >= 4 is 36.2 Å². The Hall–Kier alpha value is -3.59. The van der Waals surface area contributed by atoms with Crippen LogP contribution >= 0.6 is 0 Å². The standard InChI is InChI=1S/C19H21N7.C2H6.2CH2O/c1-20-10-12-4-3-5-13(8-12)15-9-16-23-18(22-14-6-7-14)17-19(26(16)24-15)25(2)11-21-17;3*1-2/h3-5,8-9,11,14,20H,6-7,10H2,1-2H3,(H,22,23);1-2H3;2*1H2. The van der Waals surface area contributed by atoms with Crippen LogP contribution in [0, 0.1) is 0 Å². The molecule has 1 fully saturated rings. The summed E-state index contributed by atoms with van der Waals surface area (Å²) >= 11 is 0. The summed E-state index contributed by atoms with van der Waals surface area (Å²) in [5, 5.41) is 11.5. The van der Waals surface area contributed by atoms with Gasteiger partial charge in [0, 0.05) is 31.3 Å². The van der Waals surface area contributed by atoms with Crippen LogP contribution in [0.15, 0.2) is 36.7 Å². The Kier molecular flexibility index (Phi) is 9.03. The van der Waals surface area contributed by atoms with E-state index in [9.17, 15) is 0 Å². The molecule has 0 bridgehead atoms. The van der Waals surface area contributed by atoms with E-state index in [1.807, 2.05) is 63.0 Å². The zero-order chi connectivity index (χ0) is 23.7. The Morgan fingerprint density at radius 3 is 2.50 bits per heavy atom. The van der Waals surface area contributed by atoms with Crippen molar-refractivity contribution in [1.82, 2.24) is 29.5 Å². The van der Waals surface area contributed by atoms with Crippen LogP contribution in [-0.4, -0.2) is 50.8 Å². The fourth-order valence-corrected chi connectivity index (χ4v) is 3.32. The summed E-state index contributed by atoms with van der Waals surface area (Å²) in [6.45, 7) is 8.83. The average molecular weight is 438 g/mol. The van der Waals surface area contributed by atoms with E-state index in [1.54, 1.807) is 0 Å². The van der Waals surface area contributed by atoms with E-state index in [0.29, 0.717) is 6.04 Å². The van der Waals surface area contributed by atoms with E-state index < -0.39 is 0 Å². The first-order valence-corrected chi connectivity index (χ1v) is 10.5. The van der Waals surface area contributed by atoms with Crippen LogP contribution in [0.4, 0.5) is 5.82 Å². The van der Waals surface area contributed by atoms with Gasteiger partial charge in [0.05, 0.1) is 12.0 Å². The molecule has 5 rings (SSSR count). The molecular weight excluding hydrogens is 406 g/mol. The first-order chi connectivity index (χ1) is 15.7. The molecule has 32 heavy (non-hydrogen) atoms. The largest absolute Gasteiger partial charge is 0.365 e. The number of benzene rings is 1. The first-order valence-electron chi connectivity index (χ1n) is 10.5. The molecule has 0 radical (unpaired) electrons. The highest BCUT2D eigenvalue weighted by molar-refractivity contribution is 5.86. The molecule has 0 amide bonds. The lowest BCUT2D eigenvalue weighted by molar-refractivity contribution is -0.0987. The molecule has 170 valence electrons. The maximum atomic E-state index is 8.00. The highest BCUT2D eigenvalue weighted by Crippen LogP contribution is 2.30. The quantitative estimate of drug-likeness (QED) is 0.494. The number of rotatable bonds is 5. The highest BCUT2D eigenvalue weighted by atomic mass is 16.1. The van der Waals surface area contributed by atoms with Crippen LogP contribution < -0.4 is 10.6 Å². The molecule has 4 aromatic rings. The predicted octanol–water partition coefficient (Wildman–Crippen LogP) is 3.23. The van der Waals surface area contributed by atoms with Gasteiger partial charge in [-0.1, -0.05) is 32.0 Å². The third kappa shape index (κ3) is 5.17. The smallest absolute Gasteiger partial charge is 0.167 e. The van der Waals surface area contributed by atoms with Crippen LogP contribution in [-0.2, 0) is 23.2 Å². The van der Waals surface area contributed by atoms with Gasteiger partial charge in [-0.2, -0.15) is 9.61 Å². The molecule has 1 aliphatic rings. The number of nitrogens with one attached hydrogen (secondary N) is 2. The van der Waals surface area contributed by atoms with Gasteiger partial charge in [-0.25, -0.2) is 9.97 Å². The fourth-order valence-electron chi connectivity index (χ4n) is 3.32. The van der Waals surface area contributed by atoms with Gasteiger partial charge in [-0.15, -0.1) is 0 Å². The van der Waals surface area contributed by atoms with E-state index in [0.717, 1.165) is 40.4 Å². The van der Waals surface area contributed by atoms with E-state index in [2.05, 4.69) is 39.9 Å². The lowest BCUT2D eigenvalue weighted by atomic mass is 10.1. The molecule has 0 saturated heterocycles. The van der Waals surface area contributed by atoms with Crippen molar-refractivity contribution in [2.45, 2.75) is 39.3 Å². The Morgan fingerprint density at radius 2 is 1.84 bits per heavy atom. The number of carbonyl (C=O) groups is 2. The van der Waals surface area contributed by atoms with Gasteiger partial charge in [0.25, 0.3) is 0 Å². The van der Waals surface area contributed by atoms with Crippen molar-refractivity contribution in [2.75, 3.05) is 12.4 Å². The van der Waals surface area contributed by atoms with Crippen molar-refractivity contribution in [3.63, 3.8) is 0 Å². The highest BCUT2D eigenvalue weighted by Gasteiger charge is 2.24. The van der Waals surface area contributed by atoms with Gasteiger partial charge in [-0.05, 0) is 31.5 Å². The van der Waals surface area contributed by atoms with Crippen LogP contribution in [0.1, 0.15) is 32.3 Å². The molecule has 1 aliphatic carbocycles. The molecule has 3 heterocycles. The van der Waals surface area contributed by atoms with Gasteiger partial charge in [0.2, 0.25) is 0 Å². The summed E-state index contributed by atoms with van der Waals surface area (Å²) < 4.78 is 3.89. The van der Waals surface area contributed by atoms with Gasteiger partial charge in [0.1, 0.15) is 13.6 Å². The molecule has 2 N–H and O–H groups in total. The number of fused-ring (bicyclic) bond motifs is 3. The second-order valence-corrected chi connectivity index (χ2v) is 6.94. The third-order valence-electron chi connectivity index (χ3n) is 4.77. The molecular formula is C23H31N7O2. The summed E-state index contributed by atoms with van der Waals surface area (Å²) in [4.78, 5) is 25.3. The van der Waals surface area contributed by atoms with Crippen molar-refractivity contribution in [1.29, 1.82) is 0 Å². The maximum Gasteiger partial charge on any atom is 0.167 e. The van der Waals surface area contributed by atoms with E-state index in [1.165, 1.54) is 18.4 Å². The average Bonchev–Trinajstić information content (AvgIpc) is 3.42. The summed E-state index contributed by atoms with van der Waals surface area (Å²) in [6.07, 6.45) is 4.21. The molecule has 0 unspecified atom stereocenters. The lowest BCUT2D eigenvalue weighted by Gasteiger charge is -2.06. The van der Waals surface area contributed by atoms with Crippen LogP contribution in [0.25, 0.3) is 28.1 Å². The molecule has 0 atom stereocenters. The summed E-state index contributed by atoms with van der Waals surface area (Å²) in [6, 6.07) is 11.0. The summed E-state index contributed by atoms with van der Waals surface area (Å²) in [5.74, 6) is 0.853. The Bertz CT molecular complexity index is 1150. The minimum Gasteiger partial charge on any atom is -0.365 e.